The predicted octanol–water partition coefficient (Wildman–Crippen LogP) is 5.14. The van der Waals surface area contributed by atoms with Gasteiger partial charge in [-0.1, -0.05) is 54.1 Å². The van der Waals surface area contributed by atoms with Crippen LogP contribution in [0.2, 0.25) is 5.02 Å². The fourth-order valence-corrected chi connectivity index (χ4v) is 4.25. The summed E-state index contributed by atoms with van der Waals surface area (Å²) in [6, 6.07) is 19.2. The molecule has 170 valence electrons. The summed E-state index contributed by atoms with van der Waals surface area (Å²) in [4.78, 5) is 31.0. The number of carbonyl (C=O) groups excluding carboxylic acids is 1. The van der Waals surface area contributed by atoms with E-state index in [4.69, 9.17) is 11.6 Å². The number of nitrogens with one attached hydrogen (secondary N) is 1. The van der Waals surface area contributed by atoms with Gasteiger partial charge in [0.15, 0.2) is 0 Å². The summed E-state index contributed by atoms with van der Waals surface area (Å²) < 4.78 is 17.0. The van der Waals surface area contributed by atoms with Crippen LogP contribution in [-0.2, 0) is 17.9 Å². The summed E-state index contributed by atoms with van der Waals surface area (Å²) >= 11 is 6.29. The van der Waals surface area contributed by atoms with E-state index in [9.17, 15) is 14.0 Å². The van der Waals surface area contributed by atoms with E-state index >= 15 is 0 Å². The van der Waals surface area contributed by atoms with Crippen molar-refractivity contribution in [3.05, 3.63) is 105 Å². The van der Waals surface area contributed by atoms with Gasteiger partial charge in [0.25, 0.3) is 5.56 Å². The molecule has 5 aromatic rings. The van der Waals surface area contributed by atoms with Gasteiger partial charge in [0.1, 0.15) is 23.4 Å². The van der Waals surface area contributed by atoms with Gasteiger partial charge in [0.05, 0.1) is 18.4 Å². The Kier molecular flexibility index (Phi) is 5.63. The maximum absolute atomic E-state index is 13.9. The molecule has 0 aliphatic carbocycles. The van der Waals surface area contributed by atoms with E-state index in [1.165, 1.54) is 17.0 Å². The SMILES string of the molecule is Cc1ccc(NC(=O)Cn2c3ccccc3c3ncn(Cc4ccccc4Cl)c(=O)c32)cc1F. The van der Waals surface area contributed by atoms with E-state index in [0.29, 0.717) is 32.8 Å². The van der Waals surface area contributed by atoms with Crippen LogP contribution in [-0.4, -0.2) is 20.0 Å². The number of fused-ring (bicyclic) bond motifs is 3. The first-order chi connectivity index (χ1) is 16.4. The molecular weight excluding hydrogens is 455 g/mol. The average molecular weight is 475 g/mol. The fraction of sp³-hybridized carbons (Fsp3) is 0.115. The van der Waals surface area contributed by atoms with Crippen molar-refractivity contribution in [3.8, 4) is 0 Å². The van der Waals surface area contributed by atoms with Crippen LogP contribution in [0.1, 0.15) is 11.1 Å². The standard InChI is InChI=1S/C26H20ClFN4O2/c1-16-10-11-18(12-21(16)28)30-23(33)14-32-22-9-5-3-7-19(22)24-25(32)26(34)31(15-29-24)13-17-6-2-4-8-20(17)27/h2-12,15H,13-14H2,1H3,(H,30,33). The molecule has 0 saturated heterocycles. The van der Waals surface area contributed by atoms with Crippen LogP contribution in [0.3, 0.4) is 0 Å². The lowest BCUT2D eigenvalue weighted by atomic mass is 10.2. The van der Waals surface area contributed by atoms with E-state index in [1.807, 2.05) is 42.5 Å². The Morgan fingerprint density at radius 2 is 1.85 bits per heavy atom. The molecule has 0 fully saturated rings. The number of halogens is 2. The Morgan fingerprint density at radius 1 is 1.09 bits per heavy atom. The molecule has 2 aromatic heterocycles. The van der Waals surface area contributed by atoms with Gasteiger partial charge >= 0.3 is 0 Å². The molecule has 3 aromatic carbocycles. The monoisotopic (exact) mass is 474 g/mol. The molecule has 0 radical (unpaired) electrons. The van der Waals surface area contributed by atoms with Gasteiger partial charge in [0, 0.05) is 16.1 Å². The topological polar surface area (TPSA) is 68.9 Å². The molecule has 0 bridgehead atoms. The quantitative estimate of drug-likeness (QED) is 0.383. The fourth-order valence-electron chi connectivity index (χ4n) is 4.05. The smallest absolute Gasteiger partial charge is 0.278 e. The van der Waals surface area contributed by atoms with Gasteiger partial charge in [0.2, 0.25) is 5.91 Å². The zero-order valence-electron chi connectivity index (χ0n) is 18.3. The average Bonchev–Trinajstić information content (AvgIpc) is 3.13. The number of rotatable bonds is 5. The Labute approximate surface area is 199 Å². The lowest BCUT2D eigenvalue weighted by Gasteiger charge is -2.11. The number of para-hydroxylation sites is 1. The zero-order valence-corrected chi connectivity index (χ0v) is 19.0. The van der Waals surface area contributed by atoms with Crippen molar-refractivity contribution in [2.45, 2.75) is 20.0 Å². The van der Waals surface area contributed by atoms with Crippen molar-refractivity contribution < 1.29 is 9.18 Å². The molecule has 0 atom stereocenters. The lowest BCUT2D eigenvalue weighted by Crippen LogP contribution is -2.25. The van der Waals surface area contributed by atoms with Crippen molar-refractivity contribution in [1.29, 1.82) is 0 Å². The molecule has 34 heavy (non-hydrogen) atoms. The molecule has 0 aliphatic rings. The van der Waals surface area contributed by atoms with Crippen molar-refractivity contribution in [2.75, 3.05) is 5.32 Å². The van der Waals surface area contributed by atoms with Crippen LogP contribution in [0.4, 0.5) is 10.1 Å². The van der Waals surface area contributed by atoms with Gasteiger partial charge in [-0.2, -0.15) is 0 Å². The Hall–Kier alpha value is -3.97. The van der Waals surface area contributed by atoms with E-state index in [1.54, 1.807) is 29.7 Å². The summed E-state index contributed by atoms with van der Waals surface area (Å²) in [5.74, 6) is -0.784. The van der Waals surface area contributed by atoms with E-state index in [0.717, 1.165) is 10.9 Å². The second-order valence-electron chi connectivity index (χ2n) is 8.08. The summed E-state index contributed by atoms with van der Waals surface area (Å²) in [6.45, 7) is 1.77. The Balaban J connectivity index is 1.58. The number of carbonyl (C=O) groups is 1. The summed E-state index contributed by atoms with van der Waals surface area (Å²) in [6.07, 6.45) is 1.50. The first kappa shape index (κ1) is 21.9. The Morgan fingerprint density at radius 3 is 2.65 bits per heavy atom. The highest BCUT2D eigenvalue weighted by atomic mass is 35.5. The number of benzene rings is 3. The molecule has 0 aliphatic heterocycles. The highest BCUT2D eigenvalue weighted by Crippen LogP contribution is 2.26. The summed E-state index contributed by atoms with van der Waals surface area (Å²) in [5, 5.41) is 4.04. The summed E-state index contributed by atoms with van der Waals surface area (Å²) in [5.41, 5.74) is 2.90. The van der Waals surface area contributed by atoms with Crippen LogP contribution in [0.25, 0.3) is 21.9 Å². The second kappa shape index (κ2) is 8.76. The molecule has 0 unspecified atom stereocenters. The molecule has 0 spiro atoms. The highest BCUT2D eigenvalue weighted by Gasteiger charge is 2.19. The Bertz CT molecular complexity index is 1620. The minimum Gasteiger partial charge on any atom is -0.325 e. The first-order valence-electron chi connectivity index (χ1n) is 10.7. The minimum absolute atomic E-state index is 0.132. The van der Waals surface area contributed by atoms with Crippen LogP contribution in [0.15, 0.2) is 77.9 Å². The third kappa shape index (κ3) is 3.95. The maximum atomic E-state index is 13.9. The van der Waals surface area contributed by atoms with Crippen LogP contribution in [0.5, 0.6) is 0 Å². The normalized spacial score (nSPS) is 11.3. The van der Waals surface area contributed by atoms with Crippen LogP contribution >= 0.6 is 11.6 Å². The molecule has 0 saturated carbocycles. The van der Waals surface area contributed by atoms with Crippen LogP contribution < -0.4 is 10.9 Å². The molecule has 8 heteroatoms. The third-order valence-corrected chi connectivity index (χ3v) is 6.16. The highest BCUT2D eigenvalue weighted by molar-refractivity contribution is 6.31. The number of aromatic nitrogens is 3. The molecule has 1 amide bonds. The van der Waals surface area contributed by atoms with Gasteiger partial charge in [-0.25, -0.2) is 9.37 Å². The van der Waals surface area contributed by atoms with Gasteiger partial charge < -0.3 is 9.88 Å². The molecule has 6 nitrogen and oxygen atoms in total. The molecule has 1 N–H and O–H groups in total. The number of nitrogens with zero attached hydrogens (tertiary/aromatic N) is 3. The lowest BCUT2D eigenvalue weighted by molar-refractivity contribution is -0.116. The van der Waals surface area contributed by atoms with Crippen molar-refractivity contribution in [2.24, 2.45) is 0 Å². The maximum Gasteiger partial charge on any atom is 0.278 e. The number of hydrogen-bond acceptors (Lipinski definition) is 3. The third-order valence-electron chi connectivity index (χ3n) is 5.79. The van der Waals surface area contributed by atoms with Gasteiger partial charge in [-0.15, -0.1) is 0 Å². The van der Waals surface area contributed by atoms with Crippen LogP contribution in [0, 0.1) is 12.7 Å². The van der Waals surface area contributed by atoms with Gasteiger partial charge in [-0.3, -0.25) is 14.2 Å². The zero-order chi connectivity index (χ0) is 23.8. The summed E-state index contributed by atoms with van der Waals surface area (Å²) in [7, 11) is 0. The van der Waals surface area contributed by atoms with Crippen molar-refractivity contribution >= 4 is 45.1 Å². The number of anilines is 1. The predicted molar refractivity (Wildman–Crippen MR) is 132 cm³/mol. The molecule has 5 rings (SSSR count). The van der Waals surface area contributed by atoms with E-state index < -0.39 is 5.82 Å². The minimum atomic E-state index is -0.402. The number of amides is 1. The van der Waals surface area contributed by atoms with Crippen molar-refractivity contribution in [3.63, 3.8) is 0 Å². The first-order valence-corrected chi connectivity index (χ1v) is 11.1. The number of aryl methyl sites for hydroxylation is 1. The van der Waals surface area contributed by atoms with E-state index in [-0.39, 0.29) is 24.6 Å². The van der Waals surface area contributed by atoms with Crippen molar-refractivity contribution in [1.82, 2.24) is 14.1 Å². The second-order valence-corrected chi connectivity index (χ2v) is 8.49. The number of hydrogen-bond donors (Lipinski definition) is 1. The molecule has 2 heterocycles. The largest absolute Gasteiger partial charge is 0.325 e. The molecular formula is C26H20ClFN4O2. The van der Waals surface area contributed by atoms with Gasteiger partial charge in [-0.05, 0) is 42.3 Å². The van der Waals surface area contributed by atoms with E-state index in [2.05, 4.69) is 10.3 Å².